The van der Waals surface area contributed by atoms with Crippen molar-refractivity contribution in [1.82, 2.24) is 0 Å². The first-order valence-electron chi connectivity index (χ1n) is 6.83. The van der Waals surface area contributed by atoms with E-state index in [1.165, 1.54) is 19.3 Å². The molecule has 0 unspecified atom stereocenters. The molecule has 1 aliphatic heterocycles. The first-order chi connectivity index (χ1) is 8.68. The lowest BCUT2D eigenvalue weighted by molar-refractivity contribution is -0.118. The van der Waals surface area contributed by atoms with Crippen LogP contribution in [0.4, 0.5) is 11.4 Å². The Kier molecular flexibility index (Phi) is 4.24. The summed E-state index contributed by atoms with van der Waals surface area (Å²) in [6, 6.07) is 8.10. The number of hydrogen-bond acceptors (Lipinski definition) is 2. The molecule has 0 atom stereocenters. The molecule has 0 aromatic heterocycles. The van der Waals surface area contributed by atoms with Gasteiger partial charge >= 0.3 is 0 Å². The molecule has 0 radical (unpaired) electrons. The Bertz CT molecular complexity index is 409. The molecule has 18 heavy (non-hydrogen) atoms. The molecule has 1 aromatic rings. The lowest BCUT2D eigenvalue weighted by atomic mass is 10.1. The number of benzene rings is 1. The Hall–Kier alpha value is -1.51. The fraction of sp³-hybridized carbons (Fsp3) is 0.533. The molecule has 98 valence electrons. The first kappa shape index (κ1) is 12.9. The van der Waals surface area contributed by atoms with E-state index in [0.717, 1.165) is 24.5 Å². The number of rotatable bonds is 3. The van der Waals surface area contributed by atoms with Crippen molar-refractivity contribution in [2.45, 2.75) is 33.1 Å². The monoisotopic (exact) mass is 246 g/mol. The number of anilines is 2. The predicted molar refractivity (Wildman–Crippen MR) is 76.0 cm³/mol. The summed E-state index contributed by atoms with van der Waals surface area (Å²) in [5.41, 5.74) is 2.10. The third-order valence-electron chi connectivity index (χ3n) is 3.38. The zero-order valence-electron chi connectivity index (χ0n) is 11.3. The van der Waals surface area contributed by atoms with E-state index in [1.807, 2.05) is 32.0 Å². The Labute approximate surface area is 109 Å². The minimum Gasteiger partial charge on any atom is -0.370 e. The van der Waals surface area contributed by atoms with Crippen LogP contribution in [0.1, 0.15) is 33.1 Å². The van der Waals surface area contributed by atoms with Gasteiger partial charge in [0, 0.05) is 19.0 Å². The number of para-hydroxylation sites is 2. The second-order valence-electron chi connectivity index (χ2n) is 5.21. The highest BCUT2D eigenvalue weighted by molar-refractivity contribution is 5.95. The number of nitrogens with zero attached hydrogens (tertiary/aromatic N) is 1. The Morgan fingerprint density at radius 2 is 1.83 bits per heavy atom. The molecule has 0 aliphatic carbocycles. The van der Waals surface area contributed by atoms with Crippen LogP contribution in [-0.2, 0) is 4.79 Å². The highest BCUT2D eigenvalue weighted by Gasteiger charge is 2.16. The van der Waals surface area contributed by atoms with Crippen LogP contribution in [0.25, 0.3) is 0 Å². The standard InChI is InChI=1S/C15H22N2O/c1-12(2)15(18)16-13-8-4-5-9-14(13)17-10-6-3-7-11-17/h4-5,8-9,12H,3,6-7,10-11H2,1-2H3,(H,16,18). The molecule has 0 spiro atoms. The maximum absolute atomic E-state index is 11.8. The zero-order chi connectivity index (χ0) is 13.0. The smallest absolute Gasteiger partial charge is 0.226 e. The van der Waals surface area contributed by atoms with E-state index < -0.39 is 0 Å². The summed E-state index contributed by atoms with van der Waals surface area (Å²) < 4.78 is 0. The molecule has 1 aliphatic rings. The van der Waals surface area contributed by atoms with Crippen LogP contribution in [0.3, 0.4) is 0 Å². The van der Waals surface area contributed by atoms with Crippen LogP contribution >= 0.6 is 0 Å². The fourth-order valence-corrected chi connectivity index (χ4v) is 2.27. The summed E-state index contributed by atoms with van der Waals surface area (Å²) in [5, 5.41) is 3.03. The van der Waals surface area contributed by atoms with Crippen LogP contribution in [0.15, 0.2) is 24.3 Å². The quantitative estimate of drug-likeness (QED) is 0.887. The molecular weight excluding hydrogens is 224 g/mol. The van der Waals surface area contributed by atoms with Crippen LogP contribution in [0.5, 0.6) is 0 Å². The van der Waals surface area contributed by atoms with Crippen molar-refractivity contribution in [1.29, 1.82) is 0 Å². The van der Waals surface area contributed by atoms with Gasteiger partial charge in [-0.25, -0.2) is 0 Å². The maximum atomic E-state index is 11.8. The van der Waals surface area contributed by atoms with Gasteiger partial charge < -0.3 is 10.2 Å². The summed E-state index contributed by atoms with van der Waals surface area (Å²) >= 11 is 0. The third kappa shape index (κ3) is 3.03. The van der Waals surface area contributed by atoms with E-state index in [2.05, 4.69) is 16.3 Å². The Morgan fingerprint density at radius 1 is 1.17 bits per heavy atom. The van der Waals surface area contributed by atoms with Gasteiger partial charge in [0.1, 0.15) is 0 Å². The lowest BCUT2D eigenvalue weighted by Gasteiger charge is -2.30. The molecule has 2 rings (SSSR count). The summed E-state index contributed by atoms with van der Waals surface area (Å²) in [7, 11) is 0. The molecule has 3 heteroatoms. The van der Waals surface area contributed by atoms with Crippen molar-refractivity contribution in [3.05, 3.63) is 24.3 Å². The summed E-state index contributed by atoms with van der Waals surface area (Å²) in [6.45, 7) is 6.01. The number of amides is 1. The second kappa shape index (κ2) is 5.89. The average Bonchev–Trinajstić information content (AvgIpc) is 2.40. The SMILES string of the molecule is CC(C)C(=O)Nc1ccccc1N1CCCCC1. The van der Waals surface area contributed by atoms with Crippen molar-refractivity contribution >= 4 is 17.3 Å². The minimum absolute atomic E-state index is 0.0133. The average molecular weight is 246 g/mol. The molecule has 1 heterocycles. The molecule has 0 bridgehead atoms. The van der Waals surface area contributed by atoms with Crippen LogP contribution in [0.2, 0.25) is 0 Å². The molecule has 1 amide bonds. The van der Waals surface area contributed by atoms with E-state index >= 15 is 0 Å². The number of nitrogens with one attached hydrogen (secondary N) is 1. The van der Waals surface area contributed by atoms with E-state index in [0.29, 0.717) is 0 Å². The van der Waals surface area contributed by atoms with E-state index in [9.17, 15) is 4.79 Å². The van der Waals surface area contributed by atoms with Crippen LogP contribution in [-0.4, -0.2) is 19.0 Å². The van der Waals surface area contributed by atoms with E-state index in [4.69, 9.17) is 0 Å². The van der Waals surface area contributed by atoms with Crippen molar-refractivity contribution in [3.8, 4) is 0 Å². The van der Waals surface area contributed by atoms with Crippen LogP contribution in [0, 0.1) is 5.92 Å². The number of carbonyl (C=O) groups excluding carboxylic acids is 1. The van der Waals surface area contributed by atoms with Gasteiger partial charge in [0.25, 0.3) is 0 Å². The third-order valence-corrected chi connectivity index (χ3v) is 3.38. The zero-order valence-corrected chi connectivity index (χ0v) is 11.3. The molecule has 0 saturated carbocycles. The number of hydrogen-bond donors (Lipinski definition) is 1. The molecule has 1 N–H and O–H groups in total. The number of piperidine rings is 1. The highest BCUT2D eigenvalue weighted by Crippen LogP contribution is 2.28. The Balaban J connectivity index is 2.16. The first-order valence-corrected chi connectivity index (χ1v) is 6.83. The van der Waals surface area contributed by atoms with Gasteiger partial charge in [-0.3, -0.25) is 4.79 Å². The van der Waals surface area contributed by atoms with Gasteiger partial charge in [-0.05, 0) is 31.4 Å². The van der Waals surface area contributed by atoms with Gasteiger partial charge in [-0.2, -0.15) is 0 Å². The minimum atomic E-state index is 0.0133. The van der Waals surface area contributed by atoms with Gasteiger partial charge in [0.2, 0.25) is 5.91 Å². The maximum Gasteiger partial charge on any atom is 0.226 e. The van der Waals surface area contributed by atoms with E-state index in [1.54, 1.807) is 0 Å². The van der Waals surface area contributed by atoms with Crippen molar-refractivity contribution in [2.75, 3.05) is 23.3 Å². The van der Waals surface area contributed by atoms with Crippen molar-refractivity contribution < 1.29 is 4.79 Å². The molecule has 3 nitrogen and oxygen atoms in total. The number of carbonyl (C=O) groups is 1. The predicted octanol–water partition coefficient (Wildman–Crippen LogP) is 3.27. The summed E-state index contributed by atoms with van der Waals surface area (Å²) in [4.78, 5) is 14.2. The summed E-state index contributed by atoms with van der Waals surface area (Å²) in [5.74, 6) is 0.0962. The van der Waals surface area contributed by atoms with E-state index in [-0.39, 0.29) is 11.8 Å². The summed E-state index contributed by atoms with van der Waals surface area (Å²) in [6.07, 6.45) is 3.80. The van der Waals surface area contributed by atoms with Gasteiger partial charge in [-0.1, -0.05) is 26.0 Å². The van der Waals surface area contributed by atoms with Gasteiger partial charge in [0.15, 0.2) is 0 Å². The topological polar surface area (TPSA) is 32.3 Å². The Morgan fingerprint density at radius 3 is 2.50 bits per heavy atom. The molecule has 1 saturated heterocycles. The van der Waals surface area contributed by atoms with Gasteiger partial charge in [0.05, 0.1) is 11.4 Å². The van der Waals surface area contributed by atoms with Crippen molar-refractivity contribution in [2.24, 2.45) is 5.92 Å². The lowest BCUT2D eigenvalue weighted by Crippen LogP contribution is -2.30. The normalized spacial score (nSPS) is 15.8. The molecular formula is C15H22N2O. The fourth-order valence-electron chi connectivity index (χ4n) is 2.27. The highest BCUT2D eigenvalue weighted by atomic mass is 16.1. The largest absolute Gasteiger partial charge is 0.370 e. The second-order valence-corrected chi connectivity index (χ2v) is 5.21. The molecule has 1 fully saturated rings. The van der Waals surface area contributed by atoms with Crippen LogP contribution < -0.4 is 10.2 Å². The molecule has 1 aromatic carbocycles. The van der Waals surface area contributed by atoms with Crippen molar-refractivity contribution in [3.63, 3.8) is 0 Å². The van der Waals surface area contributed by atoms with Gasteiger partial charge in [-0.15, -0.1) is 0 Å².